The summed E-state index contributed by atoms with van der Waals surface area (Å²) in [4.78, 5) is 0. The van der Waals surface area contributed by atoms with Crippen LogP contribution < -0.4 is 10.4 Å². The van der Waals surface area contributed by atoms with Crippen LogP contribution in [0.15, 0.2) is 24.3 Å². The van der Waals surface area contributed by atoms with Crippen LogP contribution in [0.5, 0.6) is 0 Å². The Morgan fingerprint density at radius 2 is 0.826 bits per heavy atom. The van der Waals surface area contributed by atoms with Crippen LogP contribution in [-0.2, 0) is 0 Å². The van der Waals surface area contributed by atoms with Crippen LogP contribution >= 0.6 is 0 Å². The molecule has 2 aromatic rings. The maximum absolute atomic E-state index is 2.55. The van der Waals surface area contributed by atoms with Crippen molar-refractivity contribution in [3.8, 4) is 0 Å². The Balaban J connectivity index is 2.81. The first kappa shape index (κ1) is 18.2. The summed E-state index contributed by atoms with van der Waals surface area (Å²) in [5.41, 5.74) is 8.77. The van der Waals surface area contributed by atoms with Crippen LogP contribution in [0.2, 0.25) is 19.6 Å². The van der Waals surface area contributed by atoms with E-state index in [-0.39, 0.29) is 0 Å². The molecule has 0 aliphatic heterocycles. The van der Waals surface area contributed by atoms with Crippen LogP contribution in [0.25, 0.3) is 0 Å². The molecular weight excluding hydrogens is 308 g/mol. The molecule has 0 heterocycles. The first-order chi connectivity index (χ1) is 10.5. The quantitative estimate of drug-likeness (QED) is 0.719. The Labute approximate surface area is 145 Å². The molecule has 0 bridgehead atoms. The fourth-order valence-electron chi connectivity index (χ4n) is 4.02. The summed E-state index contributed by atoms with van der Waals surface area (Å²) >= 11 is 0. The summed E-state index contributed by atoms with van der Waals surface area (Å²) in [5.74, 6) is 0. The van der Waals surface area contributed by atoms with Gasteiger partial charge < -0.3 is 0 Å². The van der Waals surface area contributed by atoms with Crippen molar-refractivity contribution < 1.29 is 0 Å². The van der Waals surface area contributed by atoms with Gasteiger partial charge in [-0.05, 0) is 41.5 Å². The number of aryl methyl sites for hydroxylation is 6. The zero-order valence-electron chi connectivity index (χ0n) is 16.3. The lowest BCUT2D eigenvalue weighted by atomic mass is 10.1. The van der Waals surface area contributed by atoms with E-state index in [1.165, 1.54) is 33.4 Å². The lowest BCUT2D eigenvalue weighted by Gasteiger charge is -2.33. The van der Waals surface area contributed by atoms with Gasteiger partial charge in [0.15, 0.2) is 0 Å². The Morgan fingerprint density at radius 3 is 1.04 bits per heavy atom. The number of rotatable bonds is 3. The van der Waals surface area contributed by atoms with E-state index in [4.69, 9.17) is 0 Å². The van der Waals surface area contributed by atoms with Crippen LogP contribution in [-0.4, -0.2) is 15.9 Å². The fraction of sp³-hybridized carbons (Fsp3) is 0.429. The van der Waals surface area contributed by atoms with Gasteiger partial charge in [0.25, 0.3) is 0 Å². The van der Waals surface area contributed by atoms with Gasteiger partial charge in [-0.25, -0.2) is 0 Å². The van der Waals surface area contributed by atoms with Gasteiger partial charge in [0.05, 0.1) is 0 Å². The third-order valence-electron chi connectivity index (χ3n) is 4.60. The van der Waals surface area contributed by atoms with Gasteiger partial charge in [-0.2, -0.15) is 0 Å². The Hall–Kier alpha value is -1.13. The molecule has 2 aromatic carbocycles. The van der Waals surface area contributed by atoms with E-state index in [9.17, 15) is 0 Å². The van der Waals surface area contributed by atoms with E-state index >= 15 is 0 Å². The summed E-state index contributed by atoms with van der Waals surface area (Å²) in [7, 11) is -2.06. The highest BCUT2D eigenvalue weighted by Gasteiger charge is 2.35. The summed E-state index contributed by atoms with van der Waals surface area (Å²) in [6, 6.07) is 9.52. The van der Waals surface area contributed by atoms with E-state index in [0.717, 1.165) is 0 Å². The largest absolute Gasteiger partial charge is 0.113 e. The molecule has 0 aromatic heterocycles. The number of hydrogen-bond donors (Lipinski definition) is 0. The minimum Gasteiger partial charge on any atom is -0.0710 e. The molecule has 0 nitrogen and oxygen atoms in total. The van der Waals surface area contributed by atoms with Gasteiger partial charge in [0.2, 0.25) is 0 Å². The van der Waals surface area contributed by atoms with Crippen molar-refractivity contribution in [3.63, 3.8) is 0 Å². The monoisotopic (exact) mass is 339 g/mol. The Morgan fingerprint density at radius 1 is 0.565 bits per heavy atom. The molecule has 0 spiro atoms. The molecule has 0 aliphatic rings. The van der Waals surface area contributed by atoms with E-state index in [1.54, 1.807) is 10.4 Å². The molecule has 0 amide bonds. The highest BCUT2D eigenvalue weighted by Crippen LogP contribution is 2.18. The van der Waals surface area contributed by atoms with Gasteiger partial charge >= 0.3 is 0 Å². The smallest absolute Gasteiger partial charge is 0.0710 e. The lowest BCUT2D eigenvalue weighted by molar-refractivity contribution is 1.34. The van der Waals surface area contributed by atoms with E-state index in [0.29, 0.717) is 0 Å². The summed E-state index contributed by atoms with van der Waals surface area (Å²) in [5, 5.41) is 3.35. The van der Waals surface area contributed by atoms with Crippen LogP contribution in [0.3, 0.4) is 0 Å². The van der Waals surface area contributed by atoms with Gasteiger partial charge in [-0.3, -0.25) is 0 Å². The molecule has 0 unspecified atom stereocenters. The maximum Gasteiger partial charge on any atom is 0.113 e. The molecule has 0 N–H and O–H groups in total. The second-order valence-electron chi connectivity index (χ2n) is 8.17. The number of hydrogen-bond acceptors (Lipinski definition) is 0. The Bertz CT molecular complexity index is 632. The van der Waals surface area contributed by atoms with Crippen molar-refractivity contribution in [1.82, 2.24) is 0 Å². The molecule has 0 saturated heterocycles. The molecule has 2 heteroatoms. The van der Waals surface area contributed by atoms with Crippen molar-refractivity contribution in [3.05, 3.63) is 57.6 Å². The van der Waals surface area contributed by atoms with Crippen LogP contribution in [0, 0.1) is 41.5 Å². The third-order valence-corrected chi connectivity index (χ3v) is 14.7. The second-order valence-corrected chi connectivity index (χ2v) is 20.4. The van der Waals surface area contributed by atoms with E-state index in [2.05, 4.69) is 85.4 Å². The SMILES string of the molecule is Cc1cc(C)c([Si](c2c(C)cc(C)cc2C)[Si](C)(C)C)c(C)c1. The summed E-state index contributed by atoms with van der Waals surface area (Å²) in [6.07, 6.45) is 0. The third kappa shape index (κ3) is 3.69. The molecule has 0 aliphatic carbocycles. The lowest BCUT2D eigenvalue weighted by Crippen LogP contribution is -2.62. The van der Waals surface area contributed by atoms with E-state index in [1.807, 2.05) is 0 Å². The molecule has 2 rings (SSSR count). The summed E-state index contributed by atoms with van der Waals surface area (Å²) < 4.78 is 0. The molecule has 0 atom stereocenters. The molecular formula is C21H31Si2. The van der Waals surface area contributed by atoms with Crippen molar-refractivity contribution >= 4 is 26.3 Å². The average Bonchev–Trinajstić information content (AvgIpc) is 2.33. The molecule has 0 saturated carbocycles. The standard InChI is InChI=1S/C21H31Si2/c1-14-10-16(3)20(17(4)11-14)22(23(7,8)9)21-18(5)12-15(2)13-19(21)6/h10-13H,1-9H3. The Kier molecular flexibility index (Phi) is 5.07. The normalized spacial score (nSPS) is 12.1. The maximum atomic E-state index is 2.55. The fourth-order valence-corrected chi connectivity index (χ4v) is 14.5. The van der Waals surface area contributed by atoms with Gasteiger partial charge in [0, 0.05) is 7.59 Å². The zero-order valence-corrected chi connectivity index (χ0v) is 18.3. The average molecular weight is 340 g/mol. The highest BCUT2D eigenvalue weighted by molar-refractivity contribution is 7.41. The van der Waals surface area contributed by atoms with E-state index < -0.39 is 15.9 Å². The van der Waals surface area contributed by atoms with Gasteiger partial charge in [-0.1, -0.05) is 87.7 Å². The van der Waals surface area contributed by atoms with Crippen molar-refractivity contribution in [2.24, 2.45) is 0 Å². The molecule has 123 valence electrons. The van der Waals surface area contributed by atoms with Crippen LogP contribution in [0.1, 0.15) is 33.4 Å². The minimum atomic E-state index is -1.33. The molecule has 0 fully saturated rings. The first-order valence-electron chi connectivity index (χ1n) is 8.56. The van der Waals surface area contributed by atoms with Crippen LogP contribution in [0.4, 0.5) is 0 Å². The van der Waals surface area contributed by atoms with Crippen molar-refractivity contribution in [1.29, 1.82) is 0 Å². The van der Waals surface area contributed by atoms with Crippen molar-refractivity contribution in [2.45, 2.75) is 61.2 Å². The molecule has 23 heavy (non-hydrogen) atoms. The number of benzene rings is 2. The highest BCUT2D eigenvalue weighted by atomic mass is 29.2. The zero-order chi connectivity index (χ0) is 17.5. The predicted octanol–water partition coefficient (Wildman–Crippen LogP) is 4.56. The summed E-state index contributed by atoms with van der Waals surface area (Å²) in [6.45, 7) is 21.4. The predicted molar refractivity (Wildman–Crippen MR) is 110 cm³/mol. The van der Waals surface area contributed by atoms with Gasteiger partial charge in [0.1, 0.15) is 8.31 Å². The first-order valence-corrected chi connectivity index (χ1v) is 14.6. The van der Waals surface area contributed by atoms with Crippen molar-refractivity contribution in [2.75, 3.05) is 0 Å². The topological polar surface area (TPSA) is 0 Å². The minimum absolute atomic E-state index is 0.730. The second kappa shape index (κ2) is 6.41. The molecule has 1 radical (unpaired) electrons. The van der Waals surface area contributed by atoms with Gasteiger partial charge in [-0.15, -0.1) is 0 Å².